The zero-order valence-corrected chi connectivity index (χ0v) is 12.2. The maximum absolute atomic E-state index is 9.80. The monoisotopic (exact) mass is 372 g/mol. The molecule has 0 bridgehead atoms. The van der Waals surface area contributed by atoms with Gasteiger partial charge in [-0.25, -0.2) is 29.0 Å². The van der Waals surface area contributed by atoms with Crippen molar-refractivity contribution in [3.63, 3.8) is 0 Å². The van der Waals surface area contributed by atoms with Crippen molar-refractivity contribution in [3.05, 3.63) is 0 Å². The molecule has 132 valence electrons. The van der Waals surface area contributed by atoms with Crippen molar-refractivity contribution in [2.24, 2.45) is 0 Å². The van der Waals surface area contributed by atoms with Gasteiger partial charge in [-0.05, 0) is 0 Å². The van der Waals surface area contributed by atoms with Crippen molar-refractivity contribution in [2.45, 2.75) is 0 Å². The molecule has 0 aromatic carbocycles. The topological polar surface area (TPSA) is 260 Å². The predicted molar refractivity (Wildman–Crippen MR) is 53.8 cm³/mol. The van der Waals surface area contributed by atoms with Crippen LogP contribution in [0, 0.1) is 0 Å². The van der Waals surface area contributed by atoms with Gasteiger partial charge in [0.05, 0.1) is 0 Å². The number of carbonyl (C=O) groups excluding carboxylic acids is 4. The first-order valence-electron chi connectivity index (χ1n) is 4.21. The van der Waals surface area contributed by atoms with Crippen LogP contribution in [0.15, 0.2) is 0 Å². The Labute approximate surface area is 142 Å². The summed E-state index contributed by atoms with van der Waals surface area (Å²) in [4.78, 5) is 93.4. The molecule has 4 N–H and O–H groups in total. The van der Waals surface area contributed by atoms with E-state index in [1.807, 2.05) is 0 Å². The van der Waals surface area contributed by atoms with Crippen LogP contribution >= 0.6 is 7.82 Å². The molecular formula is C6H6LiO16P. The van der Waals surface area contributed by atoms with E-state index in [2.05, 4.69) is 19.6 Å². The Morgan fingerprint density at radius 2 is 1.04 bits per heavy atom. The Hall–Kier alpha value is -2.47. The molecule has 0 aromatic heterocycles. The summed E-state index contributed by atoms with van der Waals surface area (Å²) < 4.78 is 8.77. The third-order valence-electron chi connectivity index (χ3n) is 0.675. The Bertz CT molecular complexity index is 437. The summed E-state index contributed by atoms with van der Waals surface area (Å²) in [6.07, 6.45) is 0. The van der Waals surface area contributed by atoms with Crippen molar-refractivity contribution in [2.75, 3.05) is 0 Å². The fraction of sp³-hybridized carbons (Fsp3) is 0. The fourth-order valence-electron chi connectivity index (χ4n) is 0.198. The number of hydrogen-bond donors (Lipinski definition) is 4. The minimum absolute atomic E-state index is 0. The maximum atomic E-state index is 9.80. The summed E-state index contributed by atoms with van der Waals surface area (Å²) in [6, 6.07) is 0. The number of carboxylic acid groups (broad SMARTS) is 2. The van der Waals surface area contributed by atoms with Gasteiger partial charge in [-0.3, -0.25) is 23.9 Å². The first-order valence-corrected chi connectivity index (χ1v) is 5.74. The molecule has 0 radical (unpaired) electrons. The van der Waals surface area contributed by atoms with E-state index in [9.17, 15) is 28.8 Å². The number of carbonyl (C=O) groups is 6. The van der Waals surface area contributed by atoms with Gasteiger partial charge >= 0.3 is 55.7 Å². The summed E-state index contributed by atoms with van der Waals surface area (Å²) in [5.74, 6) is -6.92. The Morgan fingerprint density at radius 3 is 1.17 bits per heavy atom. The number of phosphoric acid groups is 1. The molecule has 0 aliphatic carbocycles. The Kier molecular flexibility index (Phi) is 20.8. The molecule has 0 amide bonds. The second-order valence-corrected chi connectivity index (χ2v) is 3.21. The van der Waals surface area contributed by atoms with Gasteiger partial charge in [-0.15, -0.1) is 0 Å². The molecule has 0 fully saturated rings. The number of hydrogen-bond acceptors (Lipinski definition) is 12. The van der Waals surface area contributed by atoms with E-state index in [-0.39, 0.29) is 31.8 Å². The Balaban J connectivity index is -0.000000128. The maximum Gasteiger partial charge on any atom is 1.00 e. The van der Waals surface area contributed by atoms with Gasteiger partial charge in [0.15, 0.2) is 0 Å². The molecule has 0 heterocycles. The van der Waals surface area contributed by atoms with Crippen molar-refractivity contribution >= 4 is 44.6 Å². The molecule has 0 atom stereocenters. The van der Waals surface area contributed by atoms with Gasteiger partial charge in [-0.1, -0.05) is 0 Å². The van der Waals surface area contributed by atoms with Crippen LogP contribution in [0.4, 0.5) is 0 Å². The van der Waals surface area contributed by atoms with Crippen molar-refractivity contribution in [3.8, 4) is 0 Å². The van der Waals surface area contributed by atoms with Crippen LogP contribution in [0.2, 0.25) is 0 Å². The van der Waals surface area contributed by atoms with E-state index in [1.54, 1.807) is 0 Å². The van der Waals surface area contributed by atoms with E-state index in [0.717, 1.165) is 0 Å². The molecule has 0 aromatic rings. The zero-order chi connectivity index (χ0) is 19.1. The third-order valence-corrected chi connectivity index (χ3v) is 0.675. The Morgan fingerprint density at radius 1 is 0.833 bits per heavy atom. The molecule has 0 aliphatic heterocycles. The van der Waals surface area contributed by atoms with E-state index >= 15 is 0 Å². The van der Waals surface area contributed by atoms with Crippen LogP contribution in [-0.4, -0.2) is 56.8 Å². The zero-order valence-electron chi connectivity index (χ0n) is 11.3. The van der Waals surface area contributed by atoms with Gasteiger partial charge in [0.25, 0.3) is 7.82 Å². The SMILES string of the molecule is O=COOC(=O)C(=O)O.O=COOC(=O)C(=O)O.O=P([O-])(O)O.[Li+]. The van der Waals surface area contributed by atoms with E-state index < -0.39 is 31.7 Å². The van der Waals surface area contributed by atoms with Gasteiger partial charge in [-0.2, -0.15) is 0 Å². The molecule has 0 saturated heterocycles. The van der Waals surface area contributed by atoms with Crippen LogP contribution in [0.3, 0.4) is 0 Å². The summed E-state index contributed by atoms with van der Waals surface area (Å²) in [7, 11) is -4.89. The molecule has 0 aliphatic rings. The molecule has 0 saturated carbocycles. The van der Waals surface area contributed by atoms with Crippen LogP contribution in [-0.2, 0) is 52.9 Å². The predicted octanol–water partition coefficient (Wildman–Crippen LogP) is -7.15. The molecule has 0 spiro atoms. The van der Waals surface area contributed by atoms with E-state index in [1.165, 1.54) is 0 Å². The molecule has 0 unspecified atom stereocenters. The van der Waals surface area contributed by atoms with Crippen molar-refractivity contribution < 1.29 is 96.6 Å². The number of carboxylic acids is 2. The standard InChI is InChI=1S/2C3H2O6.Li.H3O4P/c2*4-1-8-9-3(7)2(5)6;;1-5(2,3)4/h2*1H,(H,5,6);;(H3,1,2,3,4)/q;;+1;/p-1. The average molecular weight is 372 g/mol. The molecule has 24 heavy (non-hydrogen) atoms. The molecule has 16 nitrogen and oxygen atoms in total. The second-order valence-electron chi connectivity index (χ2n) is 2.23. The van der Waals surface area contributed by atoms with Gasteiger partial charge in [0.2, 0.25) is 0 Å². The summed E-state index contributed by atoms with van der Waals surface area (Å²) >= 11 is 0. The summed E-state index contributed by atoms with van der Waals surface area (Å²) in [6.45, 7) is -0.415. The smallest absolute Gasteiger partial charge is 0.756 e. The van der Waals surface area contributed by atoms with E-state index in [0.29, 0.717) is 0 Å². The van der Waals surface area contributed by atoms with Crippen molar-refractivity contribution in [1.82, 2.24) is 0 Å². The van der Waals surface area contributed by atoms with Gasteiger partial charge in [0, 0.05) is 0 Å². The molecule has 18 heteroatoms. The fourth-order valence-corrected chi connectivity index (χ4v) is 0.198. The van der Waals surface area contributed by atoms with Crippen LogP contribution in [0.5, 0.6) is 0 Å². The molecular weight excluding hydrogens is 366 g/mol. The third kappa shape index (κ3) is 36.6. The summed E-state index contributed by atoms with van der Waals surface area (Å²) in [5.41, 5.74) is 0. The second kappa shape index (κ2) is 16.9. The van der Waals surface area contributed by atoms with Crippen molar-refractivity contribution in [1.29, 1.82) is 0 Å². The average Bonchev–Trinajstić information content (AvgIpc) is 2.40. The number of aliphatic carboxylic acids is 2. The molecule has 0 rings (SSSR count). The first-order chi connectivity index (χ1) is 10.4. The van der Waals surface area contributed by atoms with Crippen LogP contribution in [0.25, 0.3) is 0 Å². The van der Waals surface area contributed by atoms with Crippen LogP contribution in [0.1, 0.15) is 0 Å². The van der Waals surface area contributed by atoms with Crippen LogP contribution < -0.4 is 23.8 Å². The minimum atomic E-state index is -4.89. The normalized spacial score (nSPS) is 8.12. The first kappa shape index (κ1) is 29.5. The van der Waals surface area contributed by atoms with Gasteiger partial charge < -0.3 is 24.9 Å². The van der Waals surface area contributed by atoms with Gasteiger partial charge in [0.1, 0.15) is 0 Å². The number of rotatable bonds is 4. The van der Waals surface area contributed by atoms with E-state index in [4.69, 9.17) is 29.5 Å². The minimum Gasteiger partial charge on any atom is -0.756 e. The largest absolute Gasteiger partial charge is 1.00 e. The quantitative estimate of drug-likeness (QED) is 0.0891. The summed E-state index contributed by atoms with van der Waals surface area (Å²) in [5, 5.41) is 15.5.